The third kappa shape index (κ3) is 4.23. The highest BCUT2D eigenvalue weighted by Crippen LogP contribution is 2.21. The molecule has 6 heteroatoms. The summed E-state index contributed by atoms with van der Waals surface area (Å²) < 4.78 is 0. The summed E-state index contributed by atoms with van der Waals surface area (Å²) in [6, 6.07) is -0.143. The number of hydrogen-bond acceptors (Lipinski definition) is 4. The number of rotatable bonds is 4. The van der Waals surface area contributed by atoms with Gasteiger partial charge in [0.05, 0.1) is 12.4 Å². The fourth-order valence-electron chi connectivity index (χ4n) is 1.53. The highest BCUT2D eigenvalue weighted by Gasteiger charge is 2.26. The van der Waals surface area contributed by atoms with Gasteiger partial charge in [-0.3, -0.25) is 9.78 Å². The third-order valence-corrected chi connectivity index (χ3v) is 2.79. The molecule has 1 amide bonds. The van der Waals surface area contributed by atoms with Gasteiger partial charge in [0.1, 0.15) is 10.8 Å². The molecule has 5 nitrogen and oxygen atoms in total. The van der Waals surface area contributed by atoms with E-state index < -0.39 is 0 Å². The van der Waals surface area contributed by atoms with Crippen LogP contribution in [0.4, 0.5) is 0 Å². The Morgan fingerprint density at radius 1 is 1.50 bits per heavy atom. The summed E-state index contributed by atoms with van der Waals surface area (Å²) in [5.74, 6) is -0.335. The zero-order valence-electron chi connectivity index (χ0n) is 10.8. The van der Waals surface area contributed by atoms with Crippen LogP contribution in [0.25, 0.3) is 0 Å². The molecule has 0 aliphatic carbocycles. The molecule has 0 bridgehead atoms. The normalized spacial score (nSPS) is 13.2. The van der Waals surface area contributed by atoms with Crippen LogP contribution >= 0.6 is 11.6 Å². The molecular formula is C12H18ClN3O2. The van der Waals surface area contributed by atoms with Crippen molar-refractivity contribution in [1.82, 2.24) is 15.3 Å². The van der Waals surface area contributed by atoms with Crippen LogP contribution < -0.4 is 5.32 Å². The summed E-state index contributed by atoms with van der Waals surface area (Å²) in [7, 11) is 0. The summed E-state index contributed by atoms with van der Waals surface area (Å²) >= 11 is 5.68. The molecule has 0 spiro atoms. The molecule has 0 radical (unpaired) electrons. The van der Waals surface area contributed by atoms with E-state index in [0.29, 0.717) is 6.42 Å². The fraction of sp³-hybridized carbons (Fsp3) is 0.583. The van der Waals surface area contributed by atoms with Gasteiger partial charge in [-0.2, -0.15) is 0 Å². The number of carbonyl (C=O) groups excluding carboxylic acids is 1. The Labute approximate surface area is 112 Å². The first-order valence-electron chi connectivity index (χ1n) is 5.74. The molecule has 1 aromatic rings. The molecule has 0 aliphatic rings. The fourth-order valence-corrected chi connectivity index (χ4v) is 1.68. The maximum absolute atomic E-state index is 12.0. The van der Waals surface area contributed by atoms with Crippen LogP contribution in [0.2, 0.25) is 5.15 Å². The summed E-state index contributed by atoms with van der Waals surface area (Å²) in [6.45, 7) is 6.01. The molecule has 1 unspecified atom stereocenters. The van der Waals surface area contributed by atoms with Crippen molar-refractivity contribution in [3.63, 3.8) is 0 Å². The number of nitrogens with one attached hydrogen (secondary N) is 1. The zero-order chi connectivity index (χ0) is 13.8. The Kier molecular flexibility index (Phi) is 5.04. The van der Waals surface area contributed by atoms with E-state index in [0.717, 1.165) is 0 Å². The topological polar surface area (TPSA) is 75.1 Å². The molecule has 0 aliphatic heterocycles. The number of aliphatic hydroxyl groups excluding tert-OH is 1. The Hall–Kier alpha value is -1.20. The maximum Gasteiger partial charge on any atom is 0.271 e. The molecule has 100 valence electrons. The summed E-state index contributed by atoms with van der Waals surface area (Å²) in [5.41, 5.74) is 0.0272. The number of nitrogens with zero attached hydrogens (tertiary/aromatic N) is 2. The average molecular weight is 272 g/mol. The van der Waals surface area contributed by atoms with Gasteiger partial charge in [-0.15, -0.1) is 0 Å². The van der Waals surface area contributed by atoms with Crippen LogP contribution in [-0.2, 0) is 0 Å². The van der Waals surface area contributed by atoms with Gasteiger partial charge in [-0.1, -0.05) is 32.4 Å². The second-order valence-electron chi connectivity index (χ2n) is 5.13. The van der Waals surface area contributed by atoms with Crippen molar-refractivity contribution < 1.29 is 9.90 Å². The first-order valence-corrected chi connectivity index (χ1v) is 6.11. The molecule has 0 saturated heterocycles. The minimum absolute atomic E-state index is 0.0173. The number of hydrogen-bond donors (Lipinski definition) is 2. The van der Waals surface area contributed by atoms with Crippen molar-refractivity contribution in [2.45, 2.75) is 33.2 Å². The van der Waals surface area contributed by atoms with E-state index in [9.17, 15) is 4.79 Å². The summed E-state index contributed by atoms with van der Waals surface area (Å²) in [4.78, 5) is 19.7. The lowest BCUT2D eigenvalue weighted by Crippen LogP contribution is -2.44. The van der Waals surface area contributed by atoms with Crippen molar-refractivity contribution in [3.8, 4) is 0 Å². The molecule has 1 atom stereocenters. The number of aromatic nitrogens is 2. The number of aliphatic hydroxyl groups is 1. The number of amides is 1. The van der Waals surface area contributed by atoms with E-state index in [2.05, 4.69) is 15.3 Å². The second kappa shape index (κ2) is 6.11. The van der Waals surface area contributed by atoms with Gasteiger partial charge in [0.15, 0.2) is 0 Å². The molecular weight excluding hydrogens is 254 g/mol. The number of halogens is 1. The third-order valence-electron chi connectivity index (χ3n) is 2.61. The molecule has 1 heterocycles. The van der Waals surface area contributed by atoms with Crippen molar-refractivity contribution in [2.24, 2.45) is 5.41 Å². The predicted octanol–water partition coefficient (Wildman–Crippen LogP) is 1.66. The van der Waals surface area contributed by atoms with Gasteiger partial charge >= 0.3 is 0 Å². The minimum Gasteiger partial charge on any atom is -0.396 e. The summed E-state index contributed by atoms with van der Waals surface area (Å²) in [5, 5.41) is 12.0. The molecule has 2 N–H and O–H groups in total. The molecule has 18 heavy (non-hydrogen) atoms. The van der Waals surface area contributed by atoms with Crippen molar-refractivity contribution in [2.75, 3.05) is 6.61 Å². The average Bonchev–Trinajstić information content (AvgIpc) is 2.27. The van der Waals surface area contributed by atoms with Crippen LogP contribution in [0.5, 0.6) is 0 Å². The maximum atomic E-state index is 12.0. The minimum atomic E-state index is -0.335. The Bertz CT molecular complexity index is 418. The van der Waals surface area contributed by atoms with Gasteiger partial charge in [0.25, 0.3) is 5.91 Å². The van der Waals surface area contributed by atoms with Crippen LogP contribution in [0.1, 0.15) is 37.7 Å². The SMILES string of the molecule is CC(C)(C)C(CCO)NC(=O)c1cncc(Cl)n1. The van der Waals surface area contributed by atoms with Crippen molar-refractivity contribution in [3.05, 3.63) is 23.2 Å². The van der Waals surface area contributed by atoms with Crippen molar-refractivity contribution in [1.29, 1.82) is 0 Å². The lowest BCUT2D eigenvalue weighted by molar-refractivity contribution is 0.0879. The highest BCUT2D eigenvalue weighted by atomic mass is 35.5. The second-order valence-corrected chi connectivity index (χ2v) is 5.52. The lowest BCUT2D eigenvalue weighted by atomic mass is 9.85. The van der Waals surface area contributed by atoms with E-state index in [1.54, 1.807) is 0 Å². The standard InChI is InChI=1S/C12H18ClN3O2/c1-12(2,3)9(4-5-17)16-11(18)8-6-14-7-10(13)15-8/h6-7,9,17H,4-5H2,1-3H3,(H,16,18). The van der Waals surface area contributed by atoms with Crippen LogP contribution in [-0.4, -0.2) is 33.6 Å². The quantitative estimate of drug-likeness (QED) is 0.873. The Balaban J connectivity index is 2.79. The summed E-state index contributed by atoms with van der Waals surface area (Å²) in [6.07, 6.45) is 3.22. The zero-order valence-corrected chi connectivity index (χ0v) is 11.5. The van der Waals surface area contributed by atoms with E-state index >= 15 is 0 Å². The molecule has 0 fully saturated rings. The van der Waals surface area contributed by atoms with Gasteiger partial charge in [0.2, 0.25) is 0 Å². The first kappa shape index (κ1) is 14.9. The van der Waals surface area contributed by atoms with Gasteiger partial charge in [-0.25, -0.2) is 4.98 Å². The largest absolute Gasteiger partial charge is 0.396 e. The monoisotopic (exact) mass is 271 g/mol. The van der Waals surface area contributed by atoms with Crippen LogP contribution in [0, 0.1) is 5.41 Å². The van der Waals surface area contributed by atoms with E-state index in [1.165, 1.54) is 12.4 Å². The van der Waals surface area contributed by atoms with Crippen LogP contribution in [0.15, 0.2) is 12.4 Å². The Morgan fingerprint density at radius 2 is 2.17 bits per heavy atom. The van der Waals surface area contributed by atoms with E-state index in [-0.39, 0.29) is 34.8 Å². The van der Waals surface area contributed by atoms with Gasteiger partial charge < -0.3 is 10.4 Å². The first-order chi connectivity index (χ1) is 8.34. The predicted molar refractivity (Wildman–Crippen MR) is 69.5 cm³/mol. The number of carbonyl (C=O) groups is 1. The van der Waals surface area contributed by atoms with Gasteiger partial charge in [0, 0.05) is 12.6 Å². The molecule has 0 saturated carbocycles. The van der Waals surface area contributed by atoms with E-state index in [4.69, 9.17) is 16.7 Å². The van der Waals surface area contributed by atoms with E-state index in [1.807, 2.05) is 20.8 Å². The van der Waals surface area contributed by atoms with Crippen molar-refractivity contribution >= 4 is 17.5 Å². The van der Waals surface area contributed by atoms with Crippen LogP contribution in [0.3, 0.4) is 0 Å². The lowest BCUT2D eigenvalue weighted by Gasteiger charge is -2.30. The highest BCUT2D eigenvalue weighted by molar-refractivity contribution is 6.29. The van der Waals surface area contributed by atoms with Gasteiger partial charge in [-0.05, 0) is 11.8 Å². The Morgan fingerprint density at radius 3 is 2.67 bits per heavy atom. The molecule has 0 aromatic carbocycles. The molecule has 1 aromatic heterocycles. The molecule has 1 rings (SSSR count). The smallest absolute Gasteiger partial charge is 0.271 e.